The van der Waals surface area contributed by atoms with Gasteiger partial charge in [0.2, 0.25) is 0 Å². The van der Waals surface area contributed by atoms with Crippen LogP contribution in [0, 0.1) is 0 Å². The van der Waals surface area contributed by atoms with Crippen molar-refractivity contribution in [2.75, 3.05) is 0 Å². The molecule has 122 valence electrons. The van der Waals surface area contributed by atoms with Gasteiger partial charge in [-0.3, -0.25) is 4.98 Å². The summed E-state index contributed by atoms with van der Waals surface area (Å²) in [5, 5.41) is 5.51. The third kappa shape index (κ3) is 5.54. The normalized spacial score (nSPS) is 11.8. The van der Waals surface area contributed by atoms with Crippen molar-refractivity contribution in [1.82, 2.24) is 15.6 Å². The van der Waals surface area contributed by atoms with Crippen LogP contribution in [0.1, 0.15) is 24.1 Å². The van der Waals surface area contributed by atoms with Crippen LogP contribution in [0.15, 0.2) is 48.8 Å². The first-order valence-corrected chi connectivity index (χ1v) is 7.02. The van der Waals surface area contributed by atoms with Crippen LogP contribution in [-0.2, 0) is 6.54 Å². The molecule has 2 amide bonds. The quantitative estimate of drug-likeness (QED) is 0.858. The second kappa shape index (κ2) is 8.07. The van der Waals surface area contributed by atoms with E-state index in [1.807, 2.05) is 12.1 Å². The van der Waals surface area contributed by atoms with Crippen molar-refractivity contribution in [3.05, 3.63) is 59.9 Å². The maximum absolute atomic E-state index is 12.1. The minimum Gasteiger partial charge on any atom is -0.435 e. The van der Waals surface area contributed by atoms with Gasteiger partial charge >= 0.3 is 12.6 Å². The van der Waals surface area contributed by atoms with Crippen LogP contribution in [0.25, 0.3) is 0 Å². The van der Waals surface area contributed by atoms with Crippen LogP contribution < -0.4 is 15.4 Å². The average molecular weight is 321 g/mol. The number of nitrogens with one attached hydrogen (secondary N) is 2. The number of amides is 2. The molecule has 1 atom stereocenters. The van der Waals surface area contributed by atoms with Gasteiger partial charge < -0.3 is 15.4 Å². The van der Waals surface area contributed by atoms with E-state index in [2.05, 4.69) is 20.4 Å². The lowest BCUT2D eigenvalue weighted by molar-refractivity contribution is -0.0498. The Kier molecular flexibility index (Phi) is 5.85. The lowest BCUT2D eigenvalue weighted by Gasteiger charge is -2.15. The summed E-state index contributed by atoms with van der Waals surface area (Å²) in [6.45, 7) is -0.660. The van der Waals surface area contributed by atoms with E-state index < -0.39 is 6.61 Å². The predicted molar refractivity (Wildman–Crippen MR) is 81.1 cm³/mol. The Morgan fingerprint density at radius 1 is 1.17 bits per heavy atom. The molecular formula is C16H17F2N3O2. The number of carbonyl (C=O) groups is 1. The highest BCUT2D eigenvalue weighted by Crippen LogP contribution is 2.19. The second-order valence-electron chi connectivity index (χ2n) is 4.85. The fourth-order valence-electron chi connectivity index (χ4n) is 1.95. The number of alkyl halides is 2. The van der Waals surface area contributed by atoms with Crippen LogP contribution in [0.5, 0.6) is 5.75 Å². The number of rotatable bonds is 6. The van der Waals surface area contributed by atoms with Gasteiger partial charge in [-0.2, -0.15) is 8.78 Å². The van der Waals surface area contributed by atoms with Crippen molar-refractivity contribution in [1.29, 1.82) is 0 Å². The Morgan fingerprint density at radius 2 is 1.83 bits per heavy atom. The highest BCUT2D eigenvalue weighted by molar-refractivity contribution is 5.74. The van der Waals surface area contributed by atoms with Gasteiger partial charge in [-0.25, -0.2) is 4.79 Å². The first-order chi connectivity index (χ1) is 11.0. The van der Waals surface area contributed by atoms with Crippen molar-refractivity contribution >= 4 is 6.03 Å². The molecule has 0 saturated carbocycles. The Morgan fingerprint density at radius 3 is 2.43 bits per heavy atom. The summed E-state index contributed by atoms with van der Waals surface area (Å²) in [6, 6.07) is 9.17. The molecule has 2 rings (SSSR count). The average Bonchev–Trinajstić information content (AvgIpc) is 2.54. The smallest absolute Gasteiger partial charge is 0.387 e. The van der Waals surface area contributed by atoms with E-state index in [4.69, 9.17) is 0 Å². The third-order valence-corrected chi connectivity index (χ3v) is 3.16. The number of ether oxygens (including phenoxy) is 1. The van der Waals surface area contributed by atoms with Gasteiger partial charge in [0.05, 0.1) is 6.04 Å². The lowest BCUT2D eigenvalue weighted by Crippen LogP contribution is -2.36. The predicted octanol–water partition coefficient (Wildman–Crippen LogP) is 3.24. The Hall–Kier alpha value is -2.70. The minimum atomic E-state index is -2.85. The Bertz CT molecular complexity index is 621. The number of pyridine rings is 1. The zero-order chi connectivity index (χ0) is 16.7. The van der Waals surface area contributed by atoms with Crippen LogP contribution in [0.4, 0.5) is 13.6 Å². The van der Waals surface area contributed by atoms with Crippen molar-refractivity contribution in [3.8, 4) is 5.75 Å². The Balaban J connectivity index is 1.83. The molecule has 0 bridgehead atoms. The maximum atomic E-state index is 12.1. The van der Waals surface area contributed by atoms with Gasteiger partial charge in [-0.05, 0) is 42.3 Å². The molecule has 0 saturated heterocycles. The molecule has 7 heteroatoms. The van der Waals surface area contributed by atoms with Crippen LogP contribution in [0.3, 0.4) is 0 Å². The zero-order valence-electron chi connectivity index (χ0n) is 12.5. The minimum absolute atomic E-state index is 0.0816. The van der Waals surface area contributed by atoms with Gasteiger partial charge in [0.25, 0.3) is 0 Å². The molecule has 0 radical (unpaired) electrons. The number of hydrogen-bond donors (Lipinski definition) is 2. The number of urea groups is 1. The van der Waals surface area contributed by atoms with Gasteiger partial charge in [0, 0.05) is 18.9 Å². The SMILES string of the molecule is CC(NC(=O)NCc1ccncc1)c1ccc(OC(F)F)cc1. The highest BCUT2D eigenvalue weighted by Gasteiger charge is 2.10. The number of carbonyl (C=O) groups excluding carboxylic acids is 1. The summed E-state index contributed by atoms with van der Waals surface area (Å²) < 4.78 is 28.4. The first-order valence-electron chi connectivity index (χ1n) is 7.02. The fraction of sp³-hybridized carbons (Fsp3) is 0.250. The molecule has 1 aromatic heterocycles. The molecule has 1 aromatic carbocycles. The topological polar surface area (TPSA) is 63.2 Å². The molecule has 0 aliphatic carbocycles. The summed E-state index contributed by atoms with van der Waals surface area (Å²) in [5.74, 6) is 0.0816. The number of halogens is 2. The van der Waals surface area contributed by atoms with Crippen molar-refractivity contribution in [2.24, 2.45) is 0 Å². The van der Waals surface area contributed by atoms with Crippen molar-refractivity contribution in [2.45, 2.75) is 26.1 Å². The lowest BCUT2D eigenvalue weighted by atomic mass is 10.1. The number of nitrogens with zero attached hydrogens (tertiary/aromatic N) is 1. The van der Waals surface area contributed by atoms with E-state index in [0.717, 1.165) is 11.1 Å². The molecule has 1 heterocycles. The van der Waals surface area contributed by atoms with Gasteiger partial charge in [-0.15, -0.1) is 0 Å². The van der Waals surface area contributed by atoms with E-state index >= 15 is 0 Å². The monoisotopic (exact) mass is 321 g/mol. The number of aromatic nitrogens is 1. The van der Waals surface area contributed by atoms with Gasteiger partial charge in [-0.1, -0.05) is 12.1 Å². The molecule has 0 fully saturated rings. The summed E-state index contributed by atoms with van der Waals surface area (Å²) in [5.41, 5.74) is 1.72. The van der Waals surface area contributed by atoms with E-state index in [9.17, 15) is 13.6 Å². The molecule has 0 aliphatic rings. The van der Waals surface area contributed by atoms with Crippen molar-refractivity contribution in [3.63, 3.8) is 0 Å². The van der Waals surface area contributed by atoms with Crippen LogP contribution in [-0.4, -0.2) is 17.6 Å². The number of hydrogen-bond acceptors (Lipinski definition) is 3. The molecule has 0 aliphatic heterocycles. The summed E-state index contributed by atoms with van der Waals surface area (Å²) in [4.78, 5) is 15.8. The van der Waals surface area contributed by atoms with Crippen molar-refractivity contribution < 1.29 is 18.3 Å². The third-order valence-electron chi connectivity index (χ3n) is 3.16. The van der Waals surface area contributed by atoms with E-state index in [1.54, 1.807) is 31.5 Å². The van der Waals surface area contributed by atoms with E-state index in [-0.39, 0.29) is 17.8 Å². The molecule has 1 unspecified atom stereocenters. The standard InChI is InChI=1S/C16H17F2N3O2/c1-11(13-2-4-14(5-3-13)23-15(17)18)21-16(22)20-10-12-6-8-19-9-7-12/h2-9,11,15H,10H2,1H3,(H2,20,21,22). The molecule has 5 nitrogen and oxygen atoms in total. The zero-order valence-corrected chi connectivity index (χ0v) is 12.5. The van der Waals surface area contributed by atoms with Crippen LogP contribution in [0.2, 0.25) is 0 Å². The summed E-state index contributed by atoms with van der Waals surface area (Å²) in [6.07, 6.45) is 3.31. The molecule has 2 aromatic rings. The summed E-state index contributed by atoms with van der Waals surface area (Å²) in [7, 11) is 0. The highest BCUT2D eigenvalue weighted by atomic mass is 19.3. The molecular weight excluding hydrogens is 304 g/mol. The first kappa shape index (κ1) is 16.7. The molecule has 2 N–H and O–H groups in total. The number of benzene rings is 1. The molecule has 0 spiro atoms. The van der Waals surface area contributed by atoms with E-state index in [0.29, 0.717) is 6.54 Å². The van der Waals surface area contributed by atoms with Gasteiger partial charge in [0.15, 0.2) is 0 Å². The Labute approximate surface area is 132 Å². The van der Waals surface area contributed by atoms with Crippen LogP contribution >= 0.6 is 0 Å². The fourth-order valence-corrected chi connectivity index (χ4v) is 1.95. The summed E-state index contributed by atoms with van der Waals surface area (Å²) >= 11 is 0. The largest absolute Gasteiger partial charge is 0.435 e. The van der Waals surface area contributed by atoms with Gasteiger partial charge in [0.1, 0.15) is 5.75 Å². The maximum Gasteiger partial charge on any atom is 0.387 e. The second-order valence-corrected chi connectivity index (χ2v) is 4.85. The van der Waals surface area contributed by atoms with E-state index in [1.165, 1.54) is 12.1 Å². The molecule has 23 heavy (non-hydrogen) atoms.